The maximum atomic E-state index is 12.0. The third-order valence-electron chi connectivity index (χ3n) is 3.22. The minimum absolute atomic E-state index is 0. The summed E-state index contributed by atoms with van der Waals surface area (Å²) in [6, 6.07) is 7.56. The first-order valence-corrected chi connectivity index (χ1v) is 6.12. The Morgan fingerprint density at radius 2 is 2.11 bits per heavy atom. The summed E-state index contributed by atoms with van der Waals surface area (Å²) in [5, 5.41) is 0. The lowest BCUT2D eigenvalue weighted by atomic mass is 10.1. The molecule has 1 aliphatic heterocycles. The quantitative estimate of drug-likeness (QED) is 0.661. The summed E-state index contributed by atoms with van der Waals surface area (Å²) in [6.07, 6.45) is 2.12. The number of likely N-dealkylation sites (tertiary alicyclic amines) is 1. The Morgan fingerprint density at radius 1 is 1.39 bits per heavy atom. The Hall–Kier alpha value is -1.06. The van der Waals surface area contributed by atoms with Gasteiger partial charge in [-0.05, 0) is 45.0 Å². The monoisotopic (exact) mass is 268 g/mol. The molecule has 0 spiro atoms. The van der Waals surface area contributed by atoms with E-state index in [4.69, 9.17) is 4.74 Å². The number of hydrogen-bond donors (Lipinski definition) is 0. The van der Waals surface area contributed by atoms with Crippen LogP contribution in [0.2, 0.25) is 0 Å². The molecule has 100 valence electrons. The van der Waals surface area contributed by atoms with Gasteiger partial charge in [-0.15, -0.1) is 0 Å². The van der Waals surface area contributed by atoms with Crippen molar-refractivity contribution < 1.29 is 21.9 Å². The van der Waals surface area contributed by atoms with Gasteiger partial charge in [-0.3, -0.25) is 0 Å². The highest BCUT2D eigenvalue weighted by Gasteiger charge is 2.21. The summed E-state index contributed by atoms with van der Waals surface area (Å²) in [4.78, 5) is 14.2. The van der Waals surface area contributed by atoms with Crippen LogP contribution in [0.15, 0.2) is 24.3 Å². The average molecular weight is 269 g/mol. The smallest absolute Gasteiger partial charge is 0.338 e. The van der Waals surface area contributed by atoms with Crippen LogP contribution in [0.5, 0.6) is 0 Å². The van der Waals surface area contributed by atoms with Gasteiger partial charge in [-0.25, -0.2) is 4.79 Å². The van der Waals surface area contributed by atoms with Crippen LogP contribution in [0, 0.1) is 6.92 Å². The summed E-state index contributed by atoms with van der Waals surface area (Å²) in [7, 11) is 2.06. The molecule has 0 amide bonds. The Bertz CT molecular complexity index is 409. The fraction of sp³-hybridized carbons (Fsp3) is 0.500. The zero-order valence-corrected chi connectivity index (χ0v) is 11.6. The molecule has 1 saturated heterocycles. The van der Waals surface area contributed by atoms with Crippen LogP contribution in [0.1, 0.15) is 28.8 Å². The molecule has 4 heteroatoms. The molecule has 1 fully saturated rings. The first-order chi connectivity index (χ1) is 8.16. The summed E-state index contributed by atoms with van der Waals surface area (Å²) in [5.41, 5.74) is 1.65. The van der Waals surface area contributed by atoms with E-state index in [9.17, 15) is 4.79 Å². The minimum atomic E-state index is -0.191. The number of nitrogens with zero attached hydrogens (tertiary/aromatic N) is 1. The van der Waals surface area contributed by atoms with Gasteiger partial charge < -0.3 is 22.0 Å². The van der Waals surface area contributed by atoms with Gasteiger partial charge in [0.25, 0.3) is 0 Å². The van der Waals surface area contributed by atoms with Gasteiger partial charge in [0.05, 0.1) is 5.56 Å². The van der Waals surface area contributed by atoms with Crippen molar-refractivity contribution in [3.05, 3.63) is 35.4 Å². The summed E-state index contributed by atoms with van der Waals surface area (Å²) in [6.45, 7) is 3.87. The normalized spacial score (nSPS) is 20.0. The van der Waals surface area contributed by atoms with Crippen LogP contribution < -0.4 is 12.4 Å². The number of piperidine rings is 1. The van der Waals surface area contributed by atoms with Gasteiger partial charge >= 0.3 is 5.97 Å². The van der Waals surface area contributed by atoms with E-state index in [0.29, 0.717) is 5.56 Å². The molecule has 1 aliphatic rings. The molecule has 1 atom stereocenters. The molecule has 18 heavy (non-hydrogen) atoms. The molecule has 1 aromatic rings. The predicted octanol–water partition coefficient (Wildman–Crippen LogP) is -0.750. The molecular weight excluding hydrogens is 250 g/mol. The molecule has 0 saturated carbocycles. The van der Waals surface area contributed by atoms with Crippen LogP contribution >= 0.6 is 0 Å². The predicted molar refractivity (Wildman–Crippen MR) is 67.1 cm³/mol. The second-order valence-electron chi connectivity index (χ2n) is 4.75. The largest absolute Gasteiger partial charge is 1.00 e. The fourth-order valence-electron chi connectivity index (χ4n) is 2.23. The third-order valence-corrected chi connectivity index (χ3v) is 3.22. The van der Waals surface area contributed by atoms with Crippen LogP contribution in [0.3, 0.4) is 0 Å². The van der Waals surface area contributed by atoms with Crippen molar-refractivity contribution in [1.29, 1.82) is 0 Å². The molecule has 1 aromatic carbocycles. The highest BCUT2D eigenvalue weighted by molar-refractivity contribution is 5.91. The van der Waals surface area contributed by atoms with Crippen LogP contribution in [-0.4, -0.2) is 37.1 Å². The first-order valence-electron chi connectivity index (χ1n) is 6.12. The van der Waals surface area contributed by atoms with E-state index in [1.807, 2.05) is 31.2 Å². The molecule has 0 aliphatic carbocycles. The van der Waals surface area contributed by atoms with E-state index < -0.39 is 0 Å². The van der Waals surface area contributed by atoms with E-state index in [0.717, 1.165) is 31.5 Å². The highest BCUT2D eigenvalue weighted by atomic mass is 35.5. The van der Waals surface area contributed by atoms with Crippen molar-refractivity contribution in [2.24, 2.45) is 0 Å². The van der Waals surface area contributed by atoms with Crippen molar-refractivity contribution >= 4 is 5.97 Å². The maximum Gasteiger partial charge on any atom is 0.338 e. The van der Waals surface area contributed by atoms with Gasteiger partial charge in [0.1, 0.15) is 6.10 Å². The van der Waals surface area contributed by atoms with E-state index in [2.05, 4.69) is 11.9 Å². The Labute approximate surface area is 115 Å². The number of ether oxygens (including phenoxy) is 1. The van der Waals surface area contributed by atoms with Gasteiger partial charge in [0.15, 0.2) is 0 Å². The van der Waals surface area contributed by atoms with Crippen LogP contribution in [0.25, 0.3) is 0 Å². The average Bonchev–Trinajstić information content (AvgIpc) is 2.29. The van der Waals surface area contributed by atoms with Crippen molar-refractivity contribution in [1.82, 2.24) is 4.90 Å². The summed E-state index contributed by atoms with van der Waals surface area (Å²) < 4.78 is 5.55. The maximum absolute atomic E-state index is 12.0. The van der Waals surface area contributed by atoms with Crippen LogP contribution in [0.4, 0.5) is 0 Å². The number of benzene rings is 1. The molecule has 0 N–H and O–H groups in total. The molecule has 3 nitrogen and oxygen atoms in total. The molecule has 0 radical (unpaired) electrons. The summed E-state index contributed by atoms with van der Waals surface area (Å²) in [5.74, 6) is -0.191. The van der Waals surface area contributed by atoms with Gasteiger partial charge in [0, 0.05) is 6.54 Å². The number of rotatable bonds is 2. The van der Waals surface area contributed by atoms with Gasteiger partial charge in [0.2, 0.25) is 0 Å². The number of hydrogen-bond acceptors (Lipinski definition) is 3. The highest BCUT2D eigenvalue weighted by Crippen LogP contribution is 2.15. The lowest BCUT2D eigenvalue weighted by Gasteiger charge is -2.29. The molecule has 0 aromatic heterocycles. The zero-order valence-electron chi connectivity index (χ0n) is 10.9. The van der Waals surface area contributed by atoms with Crippen LogP contribution in [-0.2, 0) is 4.74 Å². The molecule has 0 bridgehead atoms. The number of aryl methyl sites for hydroxylation is 1. The molecule has 1 heterocycles. The topological polar surface area (TPSA) is 29.5 Å². The van der Waals surface area contributed by atoms with Crippen molar-refractivity contribution in [3.63, 3.8) is 0 Å². The standard InChI is InChI=1S/C14H19NO2.ClH/c1-11-6-3-4-8-13(11)14(16)17-12-7-5-9-15(2)10-12;/h3-4,6,8,12H,5,7,9-10H2,1-2H3;1H/p-1. The van der Waals surface area contributed by atoms with Crippen molar-refractivity contribution in [2.45, 2.75) is 25.9 Å². The van der Waals surface area contributed by atoms with E-state index >= 15 is 0 Å². The summed E-state index contributed by atoms with van der Waals surface area (Å²) >= 11 is 0. The van der Waals surface area contributed by atoms with Crippen molar-refractivity contribution in [2.75, 3.05) is 20.1 Å². The minimum Gasteiger partial charge on any atom is -1.00 e. The SMILES string of the molecule is Cc1ccccc1C(=O)OC1CCCN(C)C1.[Cl-]. The lowest BCUT2D eigenvalue weighted by molar-refractivity contribution is -0.0000840. The lowest BCUT2D eigenvalue weighted by Crippen LogP contribution is -3.00. The number of esters is 1. The van der Waals surface area contributed by atoms with Gasteiger partial charge in [-0.2, -0.15) is 0 Å². The third kappa shape index (κ3) is 3.72. The van der Waals surface area contributed by atoms with E-state index in [-0.39, 0.29) is 24.5 Å². The Morgan fingerprint density at radius 3 is 2.78 bits per heavy atom. The van der Waals surface area contributed by atoms with Crippen molar-refractivity contribution in [3.8, 4) is 0 Å². The van der Waals surface area contributed by atoms with E-state index in [1.54, 1.807) is 0 Å². The van der Waals surface area contributed by atoms with Gasteiger partial charge in [-0.1, -0.05) is 18.2 Å². The number of carbonyl (C=O) groups excluding carboxylic acids is 1. The second kappa shape index (κ2) is 6.76. The molecule has 2 rings (SSSR count). The Balaban J connectivity index is 0.00000162. The number of likely N-dealkylation sites (N-methyl/N-ethyl adjacent to an activating group) is 1. The first kappa shape index (κ1) is 15.0. The fourth-order valence-corrected chi connectivity index (χ4v) is 2.23. The Kier molecular flexibility index (Phi) is 5.63. The van der Waals surface area contributed by atoms with E-state index in [1.165, 1.54) is 0 Å². The zero-order chi connectivity index (χ0) is 12.3. The number of halogens is 1. The molecular formula is C14H19ClNO2-. The molecule has 1 unspecified atom stereocenters. The number of carbonyl (C=O) groups is 1. The second-order valence-corrected chi connectivity index (χ2v) is 4.75.